The van der Waals surface area contributed by atoms with E-state index in [-0.39, 0.29) is 42.3 Å². The molecule has 0 radical (unpaired) electrons. The molecular formula is C27H30O8. The number of carbonyl (C=O) groups is 2. The lowest BCUT2D eigenvalue weighted by atomic mass is 10.0. The minimum absolute atomic E-state index is 0.0109. The molecule has 0 fully saturated rings. The van der Waals surface area contributed by atoms with Crippen LogP contribution >= 0.6 is 0 Å². The zero-order chi connectivity index (χ0) is 25.8. The first kappa shape index (κ1) is 27.0. The van der Waals surface area contributed by atoms with Crippen molar-refractivity contribution < 1.29 is 38.7 Å². The first-order chi connectivity index (χ1) is 16.8. The molecule has 2 N–H and O–H groups in total. The molecule has 8 nitrogen and oxygen atoms in total. The summed E-state index contributed by atoms with van der Waals surface area (Å²) in [7, 11) is 4.47. The van der Waals surface area contributed by atoms with E-state index in [1.54, 1.807) is 43.3 Å². The van der Waals surface area contributed by atoms with Gasteiger partial charge in [0.25, 0.3) is 0 Å². The summed E-state index contributed by atoms with van der Waals surface area (Å²) in [5.41, 5.74) is 1.37. The zero-order valence-electron chi connectivity index (χ0n) is 20.2. The van der Waals surface area contributed by atoms with Crippen molar-refractivity contribution in [3.8, 4) is 23.0 Å². The molecular weight excluding hydrogens is 452 g/mol. The maximum atomic E-state index is 12.9. The van der Waals surface area contributed by atoms with E-state index in [4.69, 9.17) is 18.9 Å². The number of hydrogen-bond donors (Lipinski definition) is 2. The van der Waals surface area contributed by atoms with Gasteiger partial charge in [-0.25, -0.2) is 0 Å². The van der Waals surface area contributed by atoms with Gasteiger partial charge in [-0.05, 0) is 60.9 Å². The van der Waals surface area contributed by atoms with Gasteiger partial charge in [0, 0.05) is 12.0 Å². The fraction of sp³-hybridized carbons (Fsp3) is 0.259. The Kier molecular flexibility index (Phi) is 10.4. The van der Waals surface area contributed by atoms with Gasteiger partial charge in [0.05, 0.1) is 27.9 Å². The van der Waals surface area contributed by atoms with Crippen LogP contribution in [0.2, 0.25) is 0 Å². The van der Waals surface area contributed by atoms with E-state index in [1.165, 1.54) is 45.6 Å². The summed E-state index contributed by atoms with van der Waals surface area (Å²) in [4.78, 5) is 24.8. The Bertz CT molecular complexity index is 1130. The van der Waals surface area contributed by atoms with Gasteiger partial charge < -0.3 is 29.2 Å². The van der Waals surface area contributed by atoms with Crippen LogP contribution in [0.15, 0.2) is 59.9 Å². The number of methoxy groups -OCH3 is 3. The van der Waals surface area contributed by atoms with E-state index in [2.05, 4.69) is 0 Å². The highest BCUT2D eigenvalue weighted by Gasteiger charge is 2.15. The van der Waals surface area contributed by atoms with Gasteiger partial charge in [0.1, 0.15) is 5.76 Å². The van der Waals surface area contributed by atoms with Crippen molar-refractivity contribution >= 4 is 23.9 Å². The molecule has 0 amide bonds. The van der Waals surface area contributed by atoms with Crippen molar-refractivity contribution in [3.05, 3.63) is 71.0 Å². The number of benzene rings is 2. The Balaban J connectivity index is 2.33. The van der Waals surface area contributed by atoms with Gasteiger partial charge in [0.2, 0.25) is 0 Å². The molecule has 186 valence electrons. The van der Waals surface area contributed by atoms with Gasteiger partial charge in [-0.15, -0.1) is 0 Å². The lowest BCUT2D eigenvalue weighted by Crippen LogP contribution is -2.08. The third kappa shape index (κ3) is 7.96. The number of ketones is 1. The highest BCUT2D eigenvalue weighted by molar-refractivity contribution is 6.07. The largest absolute Gasteiger partial charge is 0.508 e. The Morgan fingerprint density at radius 3 is 2.06 bits per heavy atom. The van der Waals surface area contributed by atoms with Gasteiger partial charge in [-0.1, -0.05) is 24.3 Å². The van der Waals surface area contributed by atoms with Crippen LogP contribution in [0.3, 0.4) is 0 Å². The first-order valence-corrected chi connectivity index (χ1v) is 10.9. The molecule has 0 bridgehead atoms. The number of aliphatic hydroxyl groups is 1. The fourth-order valence-electron chi connectivity index (χ4n) is 3.14. The summed E-state index contributed by atoms with van der Waals surface area (Å²) < 4.78 is 20.5. The second-order valence-corrected chi connectivity index (χ2v) is 7.25. The summed E-state index contributed by atoms with van der Waals surface area (Å²) in [6, 6.07) is 9.84. The highest BCUT2D eigenvalue weighted by atomic mass is 16.5. The first-order valence-electron chi connectivity index (χ1n) is 10.9. The van der Waals surface area contributed by atoms with Crippen molar-refractivity contribution in [1.29, 1.82) is 0 Å². The van der Waals surface area contributed by atoms with Gasteiger partial charge in [0.15, 0.2) is 28.8 Å². The summed E-state index contributed by atoms with van der Waals surface area (Å²) in [5, 5.41) is 20.4. The predicted molar refractivity (Wildman–Crippen MR) is 133 cm³/mol. The monoisotopic (exact) mass is 482 g/mol. The molecule has 0 spiro atoms. The number of phenols is 1. The number of carbonyl (C=O) groups excluding carboxylic acids is 2. The van der Waals surface area contributed by atoms with Crippen molar-refractivity contribution in [2.24, 2.45) is 0 Å². The number of esters is 1. The van der Waals surface area contributed by atoms with Gasteiger partial charge in [-0.2, -0.15) is 0 Å². The predicted octanol–water partition coefficient (Wildman–Crippen LogP) is 4.87. The molecule has 0 saturated heterocycles. The van der Waals surface area contributed by atoms with Crippen LogP contribution in [0.4, 0.5) is 0 Å². The second kappa shape index (κ2) is 13.5. The molecule has 0 aromatic heterocycles. The van der Waals surface area contributed by atoms with Gasteiger partial charge in [-0.3, -0.25) is 9.59 Å². The SMILES string of the molecule is CCOC(=O)CCC(C(=O)/C=C/c1ccc(O)c(OC)c1)=C(O)/C=C/c1ccc(OC)c(OC)c1. The third-order valence-corrected chi connectivity index (χ3v) is 4.96. The summed E-state index contributed by atoms with van der Waals surface area (Å²) in [6.07, 6.45) is 5.74. The zero-order valence-corrected chi connectivity index (χ0v) is 20.2. The van der Waals surface area contributed by atoms with Crippen LogP contribution < -0.4 is 14.2 Å². The van der Waals surface area contributed by atoms with Crippen LogP contribution in [0.5, 0.6) is 23.0 Å². The van der Waals surface area contributed by atoms with Crippen LogP contribution in [-0.4, -0.2) is 49.9 Å². The van der Waals surface area contributed by atoms with E-state index >= 15 is 0 Å². The van der Waals surface area contributed by atoms with Crippen molar-refractivity contribution in [2.45, 2.75) is 19.8 Å². The van der Waals surface area contributed by atoms with Crippen molar-refractivity contribution in [3.63, 3.8) is 0 Å². The average Bonchev–Trinajstić information content (AvgIpc) is 2.86. The molecule has 0 unspecified atom stereocenters. The molecule has 2 aromatic rings. The van der Waals surface area contributed by atoms with Crippen LogP contribution in [0, 0.1) is 0 Å². The third-order valence-electron chi connectivity index (χ3n) is 4.96. The minimum Gasteiger partial charge on any atom is -0.508 e. The number of ether oxygens (including phenoxy) is 4. The standard InChI is InChI=1S/C27H30O8/c1-5-35-27(31)15-10-20(21(28)11-6-18-8-13-23(30)25(16-18)33-3)22(29)12-7-19-9-14-24(32-2)26(17-19)34-4/h6-9,11-14,16-17,29-30H,5,10,15H2,1-4H3/b11-6+,12-7+,22-20?. The molecule has 0 aliphatic rings. The highest BCUT2D eigenvalue weighted by Crippen LogP contribution is 2.29. The molecule has 0 atom stereocenters. The number of allylic oxidation sites excluding steroid dienone is 3. The van der Waals surface area contributed by atoms with Crippen molar-refractivity contribution in [2.75, 3.05) is 27.9 Å². The van der Waals surface area contributed by atoms with Crippen molar-refractivity contribution in [1.82, 2.24) is 0 Å². The molecule has 0 heterocycles. The Morgan fingerprint density at radius 1 is 0.829 bits per heavy atom. The number of aliphatic hydroxyl groups excluding tert-OH is 1. The van der Waals surface area contributed by atoms with Gasteiger partial charge >= 0.3 is 5.97 Å². The quantitative estimate of drug-likeness (QED) is 0.191. The Hall–Kier alpha value is -4.20. The topological polar surface area (TPSA) is 112 Å². The molecule has 2 aromatic carbocycles. The molecule has 2 rings (SSSR count). The number of phenolic OH excluding ortho intramolecular Hbond substituents is 1. The number of rotatable bonds is 12. The van der Waals surface area contributed by atoms with E-state index in [0.717, 1.165) is 0 Å². The second-order valence-electron chi connectivity index (χ2n) is 7.25. The molecule has 8 heteroatoms. The fourth-order valence-corrected chi connectivity index (χ4v) is 3.14. The lowest BCUT2D eigenvalue weighted by Gasteiger charge is -2.08. The lowest BCUT2D eigenvalue weighted by molar-refractivity contribution is -0.143. The molecule has 0 saturated carbocycles. The molecule has 0 aliphatic carbocycles. The van der Waals surface area contributed by atoms with E-state index in [9.17, 15) is 19.8 Å². The average molecular weight is 483 g/mol. The Morgan fingerprint density at radius 2 is 1.43 bits per heavy atom. The Labute approximate surface area is 204 Å². The number of aromatic hydroxyl groups is 1. The normalized spacial score (nSPS) is 11.9. The van der Waals surface area contributed by atoms with E-state index in [1.807, 2.05) is 0 Å². The minimum atomic E-state index is -0.476. The summed E-state index contributed by atoms with van der Waals surface area (Å²) in [6.45, 7) is 1.91. The van der Waals surface area contributed by atoms with Crippen LogP contribution in [0.25, 0.3) is 12.2 Å². The van der Waals surface area contributed by atoms with Crippen LogP contribution in [0.1, 0.15) is 30.9 Å². The maximum Gasteiger partial charge on any atom is 0.306 e. The maximum absolute atomic E-state index is 12.9. The number of hydrogen-bond acceptors (Lipinski definition) is 8. The molecule has 0 aliphatic heterocycles. The summed E-state index contributed by atoms with van der Waals surface area (Å²) in [5.74, 6) is 0.0940. The molecule has 35 heavy (non-hydrogen) atoms. The summed E-state index contributed by atoms with van der Waals surface area (Å²) >= 11 is 0. The van der Waals surface area contributed by atoms with E-state index in [0.29, 0.717) is 22.6 Å². The smallest absolute Gasteiger partial charge is 0.306 e. The van der Waals surface area contributed by atoms with E-state index < -0.39 is 11.8 Å². The van der Waals surface area contributed by atoms with Crippen LogP contribution in [-0.2, 0) is 14.3 Å².